The number of ether oxygens (including phenoxy) is 1. The minimum absolute atomic E-state index is 0.0296. The summed E-state index contributed by atoms with van der Waals surface area (Å²) in [5, 5.41) is 4.02. The predicted molar refractivity (Wildman–Crippen MR) is 129 cm³/mol. The van der Waals surface area contributed by atoms with Crippen LogP contribution in [-0.2, 0) is 0 Å². The van der Waals surface area contributed by atoms with Crippen LogP contribution in [0.3, 0.4) is 0 Å². The van der Waals surface area contributed by atoms with Crippen LogP contribution in [0.4, 0.5) is 0 Å². The Bertz CT molecular complexity index is 1270. The van der Waals surface area contributed by atoms with Crippen LogP contribution in [0.2, 0.25) is 0 Å². The van der Waals surface area contributed by atoms with Crippen molar-refractivity contribution in [1.29, 1.82) is 0 Å². The van der Waals surface area contributed by atoms with E-state index in [1.165, 1.54) is 16.9 Å². The molecule has 156 valence electrons. The third-order valence-corrected chi connectivity index (χ3v) is 7.06. The molecule has 3 nitrogen and oxygen atoms in total. The Labute approximate surface area is 181 Å². The van der Waals surface area contributed by atoms with Crippen molar-refractivity contribution >= 4 is 32.3 Å². The van der Waals surface area contributed by atoms with Gasteiger partial charge in [0.1, 0.15) is 10.4 Å². The quantitative estimate of drug-likeness (QED) is 0.378. The minimum Gasteiger partial charge on any atom is -0.496 e. The average Bonchev–Trinajstić information content (AvgIpc) is 3.19. The maximum absolute atomic E-state index is 12.6. The molecule has 0 saturated heterocycles. The first-order chi connectivity index (χ1) is 14.3. The van der Waals surface area contributed by atoms with Gasteiger partial charge < -0.3 is 9.72 Å². The van der Waals surface area contributed by atoms with Gasteiger partial charge in [-0.2, -0.15) is 0 Å². The predicted octanol–water partition coefficient (Wildman–Crippen LogP) is 7.27. The molecule has 0 fully saturated rings. The van der Waals surface area contributed by atoms with Gasteiger partial charge in [-0.05, 0) is 58.9 Å². The summed E-state index contributed by atoms with van der Waals surface area (Å²) in [5.41, 5.74) is 5.57. The van der Waals surface area contributed by atoms with Crippen LogP contribution in [0.5, 0.6) is 5.75 Å². The van der Waals surface area contributed by atoms with E-state index in [9.17, 15) is 4.79 Å². The first kappa shape index (κ1) is 20.7. The van der Waals surface area contributed by atoms with Gasteiger partial charge in [0, 0.05) is 16.3 Å². The van der Waals surface area contributed by atoms with E-state index in [4.69, 9.17) is 4.74 Å². The van der Waals surface area contributed by atoms with Crippen molar-refractivity contribution in [2.45, 2.75) is 47.0 Å². The van der Waals surface area contributed by atoms with Gasteiger partial charge in [-0.15, -0.1) is 11.3 Å². The van der Waals surface area contributed by atoms with Crippen LogP contribution < -0.4 is 10.3 Å². The third kappa shape index (κ3) is 3.33. The second-order valence-corrected chi connectivity index (χ2v) is 10.0. The Kier molecular flexibility index (Phi) is 5.23. The van der Waals surface area contributed by atoms with Crippen molar-refractivity contribution in [2.24, 2.45) is 5.41 Å². The molecule has 30 heavy (non-hydrogen) atoms. The molecule has 1 N–H and O–H groups in total. The van der Waals surface area contributed by atoms with Gasteiger partial charge in [-0.25, -0.2) is 0 Å². The fourth-order valence-electron chi connectivity index (χ4n) is 4.75. The molecule has 0 aliphatic rings. The molecule has 1 unspecified atom stereocenters. The minimum atomic E-state index is -0.0296. The summed E-state index contributed by atoms with van der Waals surface area (Å²) in [6.45, 7) is 11.2. The van der Waals surface area contributed by atoms with E-state index >= 15 is 0 Å². The highest BCUT2D eigenvalue weighted by Gasteiger charge is 2.25. The fourth-order valence-corrected chi connectivity index (χ4v) is 5.54. The van der Waals surface area contributed by atoms with Crippen molar-refractivity contribution in [3.05, 3.63) is 63.3 Å². The van der Waals surface area contributed by atoms with Gasteiger partial charge in [0.05, 0.1) is 12.6 Å². The number of fused-ring (bicyclic) bond motifs is 3. The monoisotopic (exact) mass is 419 g/mol. The number of rotatable bonds is 4. The molecule has 0 bridgehead atoms. The second kappa shape index (κ2) is 7.59. The number of aromatic amines is 1. The summed E-state index contributed by atoms with van der Waals surface area (Å²) < 4.78 is 6.57. The van der Waals surface area contributed by atoms with Crippen LogP contribution >= 0.6 is 11.3 Å². The summed E-state index contributed by atoms with van der Waals surface area (Å²) in [5.74, 6) is 1.33. The molecule has 1 atom stereocenters. The van der Waals surface area contributed by atoms with Gasteiger partial charge in [0.2, 0.25) is 0 Å². The molecule has 0 amide bonds. The fraction of sp³-hybridized carbons (Fsp3) is 0.346. The topological polar surface area (TPSA) is 42.1 Å². The average molecular weight is 420 g/mol. The number of benzene rings is 2. The highest BCUT2D eigenvalue weighted by Crippen LogP contribution is 2.43. The van der Waals surface area contributed by atoms with E-state index in [1.54, 1.807) is 7.11 Å². The lowest BCUT2D eigenvalue weighted by Gasteiger charge is -2.30. The number of H-pyrrole nitrogens is 1. The van der Waals surface area contributed by atoms with E-state index in [0.717, 1.165) is 49.8 Å². The Morgan fingerprint density at radius 3 is 2.43 bits per heavy atom. The summed E-state index contributed by atoms with van der Waals surface area (Å²) in [7, 11) is 1.71. The zero-order valence-corrected chi connectivity index (χ0v) is 19.4. The number of aromatic nitrogens is 1. The number of nitrogens with one attached hydrogen (secondary N) is 1. The summed E-state index contributed by atoms with van der Waals surface area (Å²) in [6.07, 6.45) is 1.11. The maximum atomic E-state index is 12.6. The van der Waals surface area contributed by atoms with Crippen LogP contribution in [0.25, 0.3) is 32.1 Å². The molecular weight excluding hydrogens is 390 g/mol. The molecule has 4 aromatic rings. The lowest BCUT2D eigenvalue weighted by Crippen LogP contribution is -2.17. The van der Waals surface area contributed by atoms with Crippen molar-refractivity contribution in [2.75, 3.05) is 7.11 Å². The van der Waals surface area contributed by atoms with E-state index in [2.05, 4.69) is 56.9 Å². The van der Waals surface area contributed by atoms with Crippen molar-refractivity contribution in [3.8, 4) is 16.9 Å². The van der Waals surface area contributed by atoms with E-state index in [1.807, 2.05) is 24.4 Å². The molecule has 2 aromatic heterocycles. The number of methoxy groups -OCH3 is 1. The molecule has 2 aromatic carbocycles. The number of pyridine rings is 1. The Balaban J connectivity index is 2.00. The molecule has 2 heterocycles. The molecule has 0 saturated carbocycles. The summed E-state index contributed by atoms with van der Waals surface area (Å²) in [4.78, 5) is 15.7. The van der Waals surface area contributed by atoms with Crippen molar-refractivity contribution in [3.63, 3.8) is 0 Å². The van der Waals surface area contributed by atoms with Crippen LogP contribution in [0, 0.1) is 12.3 Å². The lowest BCUT2D eigenvalue weighted by molar-refractivity contribution is 0.312. The first-order valence-corrected chi connectivity index (χ1v) is 11.3. The number of hydrogen-bond acceptors (Lipinski definition) is 3. The molecule has 4 rings (SSSR count). The zero-order valence-electron chi connectivity index (χ0n) is 18.6. The van der Waals surface area contributed by atoms with Gasteiger partial charge in [0.15, 0.2) is 0 Å². The zero-order chi connectivity index (χ0) is 21.6. The Hall–Kier alpha value is -2.59. The number of thiophene rings is 1. The van der Waals surface area contributed by atoms with E-state index < -0.39 is 0 Å². The first-order valence-electron chi connectivity index (χ1n) is 10.5. The summed E-state index contributed by atoms with van der Waals surface area (Å²) in [6, 6.07) is 12.9. The van der Waals surface area contributed by atoms with E-state index in [0.29, 0.717) is 5.92 Å². The van der Waals surface area contributed by atoms with Crippen molar-refractivity contribution in [1.82, 2.24) is 4.98 Å². The lowest BCUT2D eigenvalue weighted by atomic mass is 9.75. The molecule has 0 aliphatic heterocycles. The Morgan fingerprint density at radius 2 is 1.83 bits per heavy atom. The smallest absolute Gasteiger partial charge is 0.266 e. The number of hydrogen-bond donors (Lipinski definition) is 1. The Morgan fingerprint density at radius 1 is 1.13 bits per heavy atom. The van der Waals surface area contributed by atoms with Crippen LogP contribution in [0.15, 0.2) is 46.6 Å². The number of aryl methyl sites for hydroxylation is 1. The normalized spacial score (nSPS) is 13.1. The molecule has 0 spiro atoms. The maximum Gasteiger partial charge on any atom is 0.266 e. The van der Waals surface area contributed by atoms with E-state index in [-0.39, 0.29) is 11.0 Å². The molecule has 0 radical (unpaired) electrons. The SMILES string of the molecule is CCC(c1ccc(-c2c(OC)cc(C)c3[nH]c(=O)c4sccc4c23)cc1)C(C)(C)C. The van der Waals surface area contributed by atoms with Gasteiger partial charge in [0.25, 0.3) is 5.56 Å². The van der Waals surface area contributed by atoms with Crippen molar-refractivity contribution < 1.29 is 4.74 Å². The van der Waals surface area contributed by atoms with Gasteiger partial charge >= 0.3 is 0 Å². The highest BCUT2D eigenvalue weighted by molar-refractivity contribution is 7.17. The van der Waals surface area contributed by atoms with Gasteiger partial charge in [-0.1, -0.05) is 52.0 Å². The van der Waals surface area contributed by atoms with Crippen LogP contribution in [0.1, 0.15) is 51.2 Å². The van der Waals surface area contributed by atoms with Gasteiger partial charge in [-0.3, -0.25) is 4.79 Å². The molecule has 4 heteroatoms. The summed E-state index contributed by atoms with van der Waals surface area (Å²) >= 11 is 1.48. The standard InChI is InChI=1S/C26H29NO2S/c1-7-19(26(3,4)5)16-8-10-17(11-9-16)21-20(29-6)14-15(2)23-22(21)18-12-13-30-24(18)25(28)27-23/h8-14,19H,7H2,1-6H3,(H,27,28). The molecular formula is C26H29NO2S. The third-order valence-electron chi connectivity index (χ3n) is 6.14. The second-order valence-electron chi connectivity index (χ2n) is 9.09. The molecule has 0 aliphatic carbocycles. The largest absolute Gasteiger partial charge is 0.496 e. The highest BCUT2D eigenvalue weighted by atomic mass is 32.1. The van der Waals surface area contributed by atoms with Crippen LogP contribution in [-0.4, -0.2) is 12.1 Å².